The molecule has 2 aromatic rings. The summed E-state index contributed by atoms with van der Waals surface area (Å²) < 4.78 is 27.4. The smallest absolute Gasteiger partial charge is 0.322 e. The zero-order valence-electron chi connectivity index (χ0n) is 19.2. The van der Waals surface area contributed by atoms with Crippen LogP contribution in [0.25, 0.3) is 5.57 Å². The second-order valence-electron chi connectivity index (χ2n) is 9.29. The van der Waals surface area contributed by atoms with Crippen LogP contribution >= 0.6 is 0 Å². The van der Waals surface area contributed by atoms with Crippen LogP contribution in [0.5, 0.6) is 0 Å². The van der Waals surface area contributed by atoms with Crippen LogP contribution in [0.15, 0.2) is 42.5 Å². The Labute approximate surface area is 197 Å². The maximum absolute atomic E-state index is 14.0. The van der Waals surface area contributed by atoms with E-state index in [0.717, 1.165) is 17.2 Å². The van der Waals surface area contributed by atoms with Gasteiger partial charge in [0.15, 0.2) is 0 Å². The molecular formula is C25H28F2N4O3. The maximum Gasteiger partial charge on any atom is 0.322 e. The van der Waals surface area contributed by atoms with Gasteiger partial charge in [-0.25, -0.2) is 18.4 Å². The summed E-state index contributed by atoms with van der Waals surface area (Å²) in [7, 11) is 0. The summed E-state index contributed by atoms with van der Waals surface area (Å²) in [5.74, 6) is -1.28. The van der Waals surface area contributed by atoms with Gasteiger partial charge in [-0.15, -0.1) is 0 Å². The van der Waals surface area contributed by atoms with Crippen LogP contribution in [0, 0.1) is 11.6 Å². The third-order valence-corrected chi connectivity index (χ3v) is 5.93. The molecule has 0 aliphatic carbocycles. The quantitative estimate of drug-likeness (QED) is 0.630. The highest BCUT2D eigenvalue weighted by Gasteiger charge is 2.27. The minimum atomic E-state index is -0.962. The van der Waals surface area contributed by atoms with E-state index >= 15 is 0 Å². The molecule has 34 heavy (non-hydrogen) atoms. The maximum atomic E-state index is 14.0. The molecule has 0 spiro atoms. The van der Waals surface area contributed by atoms with Crippen LogP contribution < -0.4 is 10.6 Å². The second-order valence-corrected chi connectivity index (χ2v) is 9.29. The van der Waals surface area contributed by atoms with E-state index in [9.17, 15) is 23.5 Å². The Hall–Kier alpha value is -3.46. The van der Waals surface area contributed by atoms with Gasteiger partial charge in [-0.3, -0.25) is 0 Å². The van der Waals surface area contributed by atoms with Gasteiger partial charge in [0.05, 0.1) is 12.1 Å². The number of aliphatic hydroxyl groups is 1. The SMILES string of the molecule is CC(C)(O)CNC(=O)N1CC=C(c2ccc(NC(=O)N3Cc4cc(F)cc(F)c4C3)cc2)CC1. The predicted molar refractivity (Wildman–Crippen MR) is 125 cm³/mol. The summed E-state index contributed by atoms with van der Waals surface area (Å²) in [6, 6.07) is 8.89. The molecule has 0 aromatic heterocycles. The van der Waals surface area contributed by atoms with Gasteiger partial charge in [-0.1, -0.05) is 18.2 Å². The lowest BCUT2D eigenvalue weighted by molar-refractivity contribution is 0.0798. The van der Waals surface area contributed by atoms with Gasteiger partial charge in [0.1, 0.15) is 11.6 Å². The molecule has 9 heteroatoms. The van der Waals surface area contributed by atoms with Crippen LogP contribution in [-0.2, 0) is 13.1 Å². The molecule has 4 rings (SSSR count). The number of rotatable bonds is 4. The molecule has 2 heterocycles. The molecule has 2 aliphatic rings. The molecule has 0 bridgehead atoms. The van der Waals surface area contributed by atoms with E-state index in [-0.39, 0.29) is 31.7 Å². The van der Waals surface area contributed by atoms with E-state index in [1.165, 1.54) is 11.0 Å². The zero-order chi connectivity index (χ0) is 24.5. The number of carbonyl (C=O) groups is 2. The number of urea groups is 2. The highest BCUT2D eigenvalue weighted by molar-refractivity contribution is 5.90. The first-order valence-electron chi connectivity index (χ1n) is 11.2. The molecule has 2 aromatic carbocycles. The van der Waals surface area contributed by atoms with Gasteiger partial charge >= 0.3 is 12.1 Å². The molecule has 180 valence electrons. The molecular weight excluding hydrogens is 442 g/mol. The van der Waals surface area contributed by atoms with E-state index in [2.05, 4.69) is 10.6 Å². The van der Waals surface area contributed by atoms with E-state index in [1.807, 2.05) is 18.2 Å². The number of halogens is 2. The number of nitrogens with zero attached hydrogens (tertiary/aromatic N) is 2. The van der Waals surface area contributed by atoms with Crippen LogP contribution in [-0.4, -0.2) is 52.2 Å². The molecule has 0 saturated carbocycles. The number of hydrogen-bond acceptors (Lipinski definition) is 3. The van der Waals surface area contributed by atoms with E-state index in [1.54, 1.807) is 30.9 Å². The zero-order valence-corrected chi connectivity index (χ0v) is 19.2. The van der Waals surface area contributed by atoms with Gasteiger partial charge in [-0.05, 0) is 55.2 Å². The fraction of sp³-hybridized carbons (Fsp3) is 0.360. The molecule has 4 amide bonds. The number of anilines is 1. The number of fused-ring (bicyclic) bond motifs is 1. The van der Waals surface area contributed by atoms with E-state index in [0.29, 0.717) is 36.3 Å². The van der Waals surface area contributed by atoms with Crippen molar-refractivity contribution in [2.24, 2.45) is 0 Å². The van der Waals surface area contributed by atoms with Gasteiger partial charge in [0.2, 0.25) is 0 Å². The normalized spacial score (nSPS) is 15.6. The Morgan fingerprint density at radius 2 is 1.79 bits per heavy atom. The number of hydrogen-bond donors (Lipinski definition) is 3. The van der Waals surface area contributed by atoms with Crippen molar-refractivity contribution >= 4 is 23.3 Å². The Kier molecular flexibility index (Phi) is 6.56. The van der Waals surface area contributed by atoms with Crippen LogP contribution in [0.3, 0.4) is 0 Å². The number of benzene rings is 2. The molecule has 0 saturated heterocycles. The summed E-state index contributed by atoms with van der Waals surface area (Å²) >= 11 is 0. The average Bonchev–Trinajstić information content (AvgIpc) is 3.22. The Morgan fingerprint density at radius 1 is 1.06 bits per heavy atom. The van der Waals surface area contributed by atoms with Crippen molar-refractivity contribution in [3.8, 4) is 0 Å². The van der Waals surface area contributed by atoms with Crippen LogP contribution in [0.2, 0.25) is 0 Å². The van der Waals surface area contributed by atoms with Crippen molar-refractivity contribution in [1.82, 2.24) is 15.1 Å². The highest BCUT2D eigenvalue weighted by Crippen LogP contribution is 2.28. The van der Waals surface area contributed by atoms with E-state index in [4.69, 9.17) is 0 Å². The summed E-state index contributed by atoms with van der Waals surface area (Å²) in [6.45, 7) is 4.74. The number of carbonyl (C=O) groups excluding carboxylic acids is 2. The Morgan fingerprint density at radius 3 is 2.44 bits per heavy atom. The van der Waals surface area contributed by atoms with E-state index < -0.39 is 17.2 Å². The standard InChI is InChI=1S/C25H28F2N4O3/c1-25(2,34)15-28-23(32)30-9-7-17(8-10-30)16-3-5-20(6-4-16)29-24(33)31-13-18-11-19(26)12-22(27)21(18)14-31/h3-7,11-12,34H,8-10,13-15H2,1-2H3,(H,28,32)(H,29,33). The van der Waals surface area contributed by atoms with Crippen LogP contribution in [0.1, 0.15) is 37.0 Å². The number of nitrogens with one attached hydrogen (secondary N) is 2. The first kappa shape index (κ1) is 23.7. The van der Waals surface area contributed by atoms with Crippen molar-refractivity contribution in [2.45, 2.75) is 39.0 Å². The summed E-state index contributed by atoms with van der Waals surface area (Å²) in [5, 5.41) is 15.3. The van der Waals surface area contributed by atoms with Crippen molar-refractivity contribution in [1.29, 1.82) is 0 Å². The third-order valence-electron chi connectivity index (χ3n) is 5.93. The lowest BCUT2D eigenvalue weighted by atomic mass is 9.99. The average molecular weight is 471 g/mol. The highest BCUT2D eigenvalue weighted by atomic mass is 19.1. The molecule has 7 nitrogen and oxygen atoms in total. The minimum Gasteiger partial charge on any atom is -0.389 e. The summed E-state index contributed by atoms with van der Waals surface area (Å²) in [6.07, 6.45) is 2.69. The van der Waals surface area contributed by atoms with Crippen molar-refractivity contribution in [2.75, 3.05) is 25.0 Å². The van der Waals surface area contributed by atoms with Crippen molar-refractivity contribution in [3.63, 3.8) is 0 Å². The lowest BCUT2D eigenvalue weighted by Crippen LogP contribution is -2.46. The monoisotopic (exact) mass is 470 g/mol. The molecule has 2 aliphatic heterocycles. The fourth-order valence-corrected chi connectivity index (χ4v) is 4.06. The largest absolute Gasteiger partial charge is 0.389 e. The summed E-state index contributed by atoms with van der Waals surface area (Å²) in [5.41, 5.74) is 2.57. The van der Waals surface area contributed by atoms with Gasteiger partial charge in [0.25, 0.3) is 0 Å². The minimum absolute atomic E-state index is 0.0954. The topological polar surface area (TPSA) is 84.9 Å². The first-order valence-corrected chi connectivity index (χ1v) is 11.2. The molecule has 3 N–H and O–H groups in total. The molecule has 0 radical (unpaired) electrons. The third kappa shape index (κ3) is 5.53. The van der Waals surface area contributed by atoms with Crippen LogP contribution in [0.4, 0.5) is 24.1 Å². The fourth-order valence-electron chi connectivity index (χ4n) is 4.06. The predicted octanol–water partition coefficient (Wildman–Crippen LogP) is 4.08. The van der Waals surface area contributed by atoms with Crippen molar-refractivity contribution < 1.29 is 23.5 Å². The number of amides is 4. The Balaban J connectivity index is 1.31. The lowest BCUT2D eigenvalue weighted by Gasteiger charge is -2.28. The summed E-state index contributed by atoms with van der Waals surface area (Å²) in [4.78, 5) is 28.0. The molecule has 0 fully saturated rings. The van der Waals surface area contributed by atoms with Gasteiger partial charge in [0, 0.05) is 43.5 Å². The van der Waals surface area contributed by atoms with Gasteiger partial charge < -0.3 is 25.5 Å². The van der Waals surface area contributed by atoms with Crippen molar-refractivity contribution in [3.05, 3.63) is 70.8 Å². The molecule has 0 unspecified atom stereocenters. The second kappa shape index (κ2) is 9.42. The Bertz CT molecular complexity index is 1130. The molecule has 0 atom stereocenters. The first-order chi connectivity index (χ1) is 16.1. The van der Waals surface area contributed by atoms with Gasteiger partial charge in [-0.2, -0.15) is 0 Å².